The number of nitrogens with zero attached hydrogens (tertiary/aromatic N) is 4. The van der Waals surface area contributed by atoms with Crippen LogP contribution in [0.2, 0.25) is 0 Å². The largest absolute Gasteiger partial charge is 0.398 e. The molecule has 6 heteroatoms. The summed E-state index contributed by atoms with van der Waals surface area (Å²) < 4.78 is 1.88. The van der Waals surface area contributed by atoms with Crippen molar-refractivity contribution in [1.29, 1.82) is 5.26 Å². The average molecular weight is 242 g/mol. The van der Waals surface area contributed by atoms with Gasteiger partial charge in [0.05, 0.1) is 5.56 Å². The Labute approximate surface area is 105 Å². The van der Waals surface area contributed by atoms with Crippen molar-refractivity contribution in [3.8, 4) is 6.07 Å². The van der Waals surface area contributed by atoms with Gasteiger partial charge in [0, 0.05) is 31.4 Å². The van der Waals surface area contributed by atoms with Crippen LogP contribution in [0.15, 0.2) is 24.5 Å². The average Bonchev–Trinajstić information content (AvgIpc) is 2.77. The normalized spacial score (nSPS) is 10.0. The van der Waals surface area contributed by atoms with Gasteiger partial charge in [-0.05, 0) is 18.2 Å². The van der Waals surface area contributed by atoms with Crippen molar-refractivity contribution in [1.82, 2.24) is 14.8 Å². The molecule has 2 rings (SSSR count). The Kier molecular flexibility index (Phi) is 3.44. The topological polar surface area (TPSA) is 92.6 Å². The minimum Gasteiger partial charge on any atom is -0.398 e. The van der Waals surface area contributed by atoms with Crippen LogP contribution in [0.1, 0.15) is 11.4 Å². The second kappa shape index (κ2) is 5.19. The Bertz CT molecular complexity index is 580. The van der Waals surface area contributed by atoms with E-state index in [9.17, 15) is 0 Å². The van der Waals surface area contributed by atoms with Crippen molar-refractivity contribution >= 4 is 11.4 Å². The molecule has 0 aliphatic rings. The first kappa shape index (κ1) is 11.9. The minimum absolute atomic E-state index is 0.485. The molecule has 2 aromatic rings. The molecule has 18 heavy (non-hydrogen) atoms. The molecule has 1 aromatic heterocycles. The van der Waals surface area contributed by atoms with Crippen molar-refractivity contribution in [3.05, 3.63) is 35.9 Å². The van der Waals surface area contributed by atoms with E-state index in [1.165, 1.54) is 0 Å². The van der Waals surface area contributed by atoms with Crippen LogP contribution in [0.3, 0.4) is 0 Å². The molecule has 0 spiro atoms. The van der Waals surface area contributed by atoms with Crippen molar-refractivity contribution in [2.24, 2.45) is 7.05 Å². The molecule has 0 bridgehead atoms. The lowest BCUT2D eigenvalue weighted by atomic mass is 10.2. The summed E-state index contributed by atoms with van der Waals surface area (Å²) in [5.41, 5.74) is 7.51. The van der Waals surface area contributed by atoms with Gasteiger partial charge in [-0.25, -0.2) is 0 Å². The fraction of sp³-hybridized carbons (Fsp3) is 0.250. The quantitative estimate of drug-likeness (QED) is 0.778. The third-order valence-electron chi connectivity index (χ3n) is 2.66. The number of aryl methyl sites for hydroxylation is 1. The van der Waals surface area contributed by atoms with Gasteiger partial charge in [-0.2, -0.15) is 5.26 Å². The van der Waals surface area contributed by atoms with Gasteiger partial charge in [-0.1, -0.05) is 0 Å². The maximum Gasteiger partial charge on any atom is 0.134 e. The van der Waals surface area contributed by atoms with Crippen LogP contribution in [0.25, 0.3) is 0 Å². The van der Waals surface area contributed by atoms with Crippen molar-refractivity contribution in [2.75, 3.05) is 17.6 Å². The molecule has 0 amide bonds. The molecule has 0 aliphatic heterocycles. The first-order valence-electron chi connectivity index (χ1n) is 5.57. The Morgan fingerprint density at radius 3 is 3.00 bits per heavy atom. The molecule has 0 fully saturated rings. The monoisotopic (exact) mass is 242 g/mol. The number of hydrogen-bond donors (Lipinski definition) is 2. The molecule has 0 unspecified atom stereocenters. The summed E-state index contributed by atoms with van der Waals surface area (Å²) >= 11 is 0. The molecular weight excluding hydrogens is 228 g/mol. The van der Waals surface area contributed by atoms with Crippen molar-refractivity contribution in [2.45, 2.75) is 6.42 Å². The molecule has 0 aliphatic carbocycles. The zero-order valence-corrected chi connectivity index (χ0v) is 10.1. The minimum atomic E-state index is 0.485. The summed E-state index contributed by atoms with van der Waals surface area (Å²) in [7, 11) is 1.91. The number of benzene rings is 1. The number of rotatable bonds is 4. The van der Waals surface area contributed by atoms with E-state index >= 15 is 0 Å². The summed E-state index contributed by atoms with van der Waals surface area (Å²) in [6.45, 7) is 0.724. The number of nitrogens with one attached hydrogen (secondary N) is 1. The van der Waals surface area contributed by atoms with Crippen LogP contribution >= 0.6 is 0 Å². The second-order valence-corrected chi connectivity index (χ2v) is 3.95. The number of nitrogen functional groups attached to an aromatic ring is 1. The molecule has 0 saturated heterocycles. The van der Waals surface area contributed by atoms with Gasteiger partial charge in [-0.3, -0.25) is 0 Å². The molecule has 1 aromatic carbocycles. The summed E-state index contributed by atoms with van der Waals surface area (Å²) in [4.78, 5) is 0. The predicted molar refractivity (Wildman–Crippen MR) is 68.8 cm³/mol. The molecule has 0 saturated carbocycles. The lowest BCUT2D eigenvalue weighted by Gasteiger charge is -2.07. The Morgan fingerprint density at radius 1 is 1.50 bits per heavy atom. The van der Waals surface area contributed by atoms with Crippen LogP contribution in [0.4, 0.5) is 11.4 Å². The van der Waals surface area contributed by atoms with Gasteiger partial charge in [0.1, 0.15) is 18.2 Å². The van der Waals surface area contributed by atoms with Gasteiger partial charge in [0.2, 0.25) is 0 Å². The van der Waals surface area contributed by atoms with E-state index < -0.39 is 0 Å². The molecule has 3 N–H and O–H groups in total. The van der Waals surface area contributed by atoms with Crippen LogP contribution in [0, 0.1) is 11.3 Å². The standard InChI is InChI=1S/C12H14N6/c1-18-8-16-17-12(18)4-5-15-10-2-3-11(14)9(6-10)7-13/h2-3,6,8,15H,4-5,14H2,1H3. The lowest BCUT2D eigenvalue weighted by molar-refractivity contribution is 0.788. The summed E-state index contributed by atoms with van der Waals surface area (Å²) in [6, 6.07) is 7.38. The van der Waals surface area contributed by atoms with Crippen molar-refractivity contribution in [3.63, 3.8) is 0 Å². The number of nitrogens with two attached hydrogens (primary N) is 1. The first-order valence-corrected chi connectivity index (χ1v) is 5.57. The van der Waals surface area contributed by atoms with E-state index in [4.69, 9.17) is 11.0 Å². The molecule has 92 valence electrons. The Hall–Kier alpha value is -2.55. The molecule has 1 heterocycles. The Morgan fingerprint density at radius 2 is 2.33 bits per heavy atom. The van der Waals surface area contributed by atoms with Gasteiger partial charge in [0.15, 0.2) is 0 Å². The van der Waals surface area contributed by atoms with Gasteiger partial charge < -0.3 is 15.6 Å². The third kappa shape index (κ3) is 2.58. The van der Waals surface area contributed by atoms with E-state index in [0.717, 1.165) is 24.5 Å². The zero-order chi connectivity index (χ0) is 13.0. The number of aromatic nitrogens is 3. The summed E-state index contributed by atoms with van der Waals surface area (Å²) in [5, 5.41) is 19.9. The van der Waals surface area contributed by atoms with Gasteiger partial charge in [0.25, 0.3) is 0 Å². The van der Waals surface area contributed by atoms with Crippen LogP contribution < -0.4 is 11.1 Å². The molecule has 6 nitrogen and oxygen atoms in total. The predicted octanol–water partition coefficient (Wildman–Crippen LogP) is 0.924. The maximum atomic E-state index is 8.88. The molecule has 0 radical (unpaired) electrons. The number of hydrogen-bond acceptors (Lipinski definition) is 5. The highest BCUT2D eigenvalue weighted by molar-refractivity contribution is 5.61. The van der Waals surface area contributed by atoms with Crippen LogP contribution in [-0.2, 0) is 13.5 Å². The van der Waals surface area contributed by atoms with Crippen molar-refractivity contribution < 1.29 is 0 Å². The van der Waals surface area contributed by atoms with Gasteiger partial charge in [-0.15, -0.1) is 10.2 Å². The molecular formula is C12H14N6. The van der Waals surface area contributed by atoms with E-state index in [-0.39, 0.29) is 0 Å². The maximum absolute atomic E-state index is 8.88. The zero-order valence-electron chi connectivity index (χ0n) is 10.1. The van der Waals surface area contributed by atoms with E-state index in [1.54, 1.807) is 18.5 Å². The fourth-order valence-electron chi connectivity index (χ4n) is 1.62. The summed E-state index contributed by atoms with van der Waals surface area (Å²) in [6.07, 6.45) is 2.44. The second-order valence-electron chi connectivity index (χ2n) is 3.95. The van der Waals surface area contributed by atoms with E-state index in [2.05, 4.69) is 21.6 Å². The Balaban J connectivity index is 1.95. The number of nitriles is 1. The number of anilines is 2. The highest BCUT2D eigenvalue weighted by atomic mass is 15.2. The summed E-state index contributed by atoms with van der Waals surface area (Å²) in [5.74, 6) is 0.915. The van der Waals surface area contributed by atoms with Crippen LogP contribution in [0.5, 0.6) is 0 Å². The SMILES string of the molecule is Cn1cnnc1CCNc1ccc(N)c(C#N)c1. The van der Waals surface area contributed by atoms with E-state index in [1.807, 2.05) is 17.7 Å². The third-order valence-corrected chi connectivity index (χ3v) is 2.66. The highest BCUT2D eigenvalue weighted by Gasteiger charge is 2.02. The van der Waals surface area contributed by atoms with Gasteiger partial charge >= 0.3 is 0 Å². The highest BCUT2D eigenvalue weighted by Crippen LogP contribution is 2.16. The molecule has 0 atom stereocenters. The van der Waals surface area contributed by atoms with Crippen LogP contribution in [-0.4, -0.2) is 21.3 Å². The smallest absolute Gasteiger partial charge is 0.134 e. The van der Waals surface area contributed by atoms with E-state index in [0.29, 0.717) is 11.3 Å². The first-order chi connectivity index (χ1) is 8.70. The lowest BCUT2D eigenvalue weighted by Crippen LogP contribution is -2.08. The fourth-order valence-corrected chi connectivity index (χ4v) is 1.62.